The second-order valence-electron chi connectivity index (χ2n) is 4.81. The van der Waals surface area contributed by atoms with Gasteiger partial charge in [-0.2, -0.15) is 0 Å². The molecule has 84 valence electrons. The molecule has 3 rings (SSSR count). The van der Waals surface area contributed by atoms with Gasteiger partial charge in [0.2, 0.25) is 5.90 Å². The molecule has 3 nitrogen and oxygen atoms in total. The lowest BCUT2D eigenvalue weighted by molar-refractivity contribution is 0.292. The van der Waals surface area contributed by atoms with Crippen molar-refractivity contribution in [1.29, 1.82) is 0 Å². The number of benzene rings is 1. The van der Waals surface area contributed by atoms with Crippen molar-refractivity contribution in [2.45, 2.75) is 31.6 Å². The maximum atomic E-state index is 5.60. The van der Waals surface area contributed by atoms with Gasteiger partial charge < -0.3 is 9.47 Å². The Morgan fingerprint density at radius 1 is 1.25 bits per heavy atom. The van der Waals surface area contributed by atoms with E-state index in [1.807, 2.05) is 18.2 Å². The Kier molecular flexibility index (Phi) is 2.04. The summed E-state index contributed by atoms with van der Waals surface area (Å²) in [5.41, 5.74) is 1.11. The number of hydrogen-bond donors (Lipinski definition) is 0. The van der Waals surface area contributed by atoms with Gasteiger partial charge in [0.05, 0.1) is 5.60 Å². The summed E-state index contributed by atoms with van der Waals surface area (Å²) in [6.07, 6.45) is 0.0567. The van der Waals surface area contributed by atoms with Gasteiger partial charge in [-0.1, -0.05) is 30.3 Å². The van der Waals surface area contributed by atoms with E-state index in [0.29, 0.717) is 6.61 Å². The van der Waals surface area contributed by atoms with Gasteiger partial charge in [-0.05, 0) is 19.4 Å². The minimum absolute atomic E-state index is 0.0567. The summed E-state index contributed by atoms with van der Waals surface area (Å²) in [5, 5.41) is 0. The summed E-state index contributed by atoms with van der Waals surface area (Å²) in [5.74, 6) is 0.763. The van der Waals surface area contributed by atoms with Crippen molar-refractivity contribution in [1.82, 2.24) is 0 Å². The molecule has 16 heavy (non-hydrogen) atoms. The van der Waals surface area contributed by atoms with Crippen molar-refractivity contribution in [3.63, 3.8) is 0 Å². The molecule has 1 fully saturated rings. The summed E-state index contributed by atoms with van der Waals surface area (Å²) in [6, 6.07) is 10.4. The van der Waals surface area contributed by atoms with E-state index in [4.69, 9.17) is 9.47 Å². The van der Waals surface area contributed by atoms with Gasteiger partial charge in [0.15, 0.2) is 6.10 Å². The molecule has 3 heteroatoms. The average molecular weight is 217 g/mol. The van der Waals surface area contributed by atoms with Crippen molar-refractivity contribution >= 4 is 5.90 Å². The van der Waals surface area contributed by atoms with Crippen LogP contribution in [0.2, 0.25) is 0 Å². The van der Waals surface area contributed by atoms with Crippen LogP contribution in [0.1, 0.15) is 25.5 Å². The number of hydrogen-bond acceptors (Lipinski definition) is 3. The molecule has 0 radical (unpaired) electrons. The summed E-state index contributed by atoms with van der Waals surface area (Å²) in [6.45, 7) is 4.74. The zero-order valence-electron chi connectivity index (χ0n) is 9.51. The van der Waals surface area contributed by atoms with Gasteiger partial charge in [-0.15, -0.1) is 0 Å². The van der Waals surface area contributed by atoms with Crippen molar-refractivity contribution in [3.05, 3.63) is 35.9 Å². The third-order valence-electron chi connectivity index (χ3n) is 3.08. The third-order valence-corrected chi connectivity index (χ3v) is 3.08. The molecule has 2 heterocycles. The van der Waals surface area contributed by atoms with Crippen LogP contribution in [0.5, 0.6) is 0 Å². The fourth-order valence-electron chi connectivity index (χ4n) is 2.00. The molecule has 0 aromatic heterocycles. The number of nitrogens with zero attached hydrogens (tertiary/aromatic N) is 1. The van der Waals surface area contributed by atoms with E-state index in [0.717, 1.165) is 5.90 Å². The molecule has 2 aliphatic rings. The molecule has 0 saturated carbocycles. The van der Waals surface area contributed by atoms with Crippen LogP contribution in [0.3, 0.4) is 0 Å². The topological polar surface area (TPSA) is 34.1 Å². The highest BCUT2D eigenvalue weighted by Gasteiger charge is 2.53. The quantitative estimate of drug-likeness (QED) is 0.712. The first kappa shape index (κ1) is 9.85. The second kappa shape index (κ2) is 3.32. The van der Waals surface area contributed by atoms with E-state index in [1.165, 1.54) is 5.56 Å². The lowest BCUT2D eigenvalue weighted by Gasteiger charge is -2.03. The first-order chi connectivity index (χ1) is 7.67. The number of epoxide rings is 1. The largest absolute Gasteiger partial charge is 0.476 e. The Morgan fingerprint density at radius 2 is 1.94 bits per heavy atom. The number of aliphatic imine (C=N–C) groups is 1. The fraction of sp³-hybridized carbons (Fsp3) is 0.462. The van der Waals surface area contributed by atoms with Crippen molar-refractivity contribution in [2.24, 2.45) is 4.99 Å². The first-order valence-electron chi connectivity index (χ1n) is 5.60. The van der Waals surface area contributed by atoms with Crippen LogP contribution in [0.15, 0.2) is 35.3 Å². The van der Waals surface area contributed by atoms with Crippen molar-refractivity contribution in [3.8, 4) is 0 Å². The van der Waals surface area contributed by atoms with Gasteiger partial charge in [-0.3, -0.25) is 0 Å². The Labute approximate surface area is 95.1 Å². The highest BCUT2D eigenvalue weighted by atomic mass is 16.6. The average Bonchev–Trinajstić information content (AvgIpc) is 2.76. The first-order valence-corrected chi connectivity index (χ1v) is 5.60. The third kappa shape index (κ3) is 1.61. The van der Waals surface area contributed by atoms with Crippen LogP contribution in [0.25, 0.3) is 0 Å². The summed E-state index contributed by atoms with van der Waals surface area (Å²) < 4.78 is 11.1. The molecule has 0 amide bonds. The Bertz CT molecular complexity index is 425. The standard InChI is InChI=1S/C13H15NO2/c1-13(2)11(16-13)12-14-10(8-15-12)9-6-4-3-5-7-9/h3-7,10-11H,8H2,1-2H3/t10-,11?/m1/s1. The van der Waals surface area contributed by atoms with Gasteiger partial charge in [-0.25, -0.2) is 4.99 Å². The zero-order valence-corrected chi connectivity index (χ0v) is 9.51. The van der Waals surface area contributed by atoms with Gasteiger partial charge in [0.25, 0.3) is 0 Å². The molecule has 0 spiro atoms. The normalized spacial score (nSPS) is 30.8. The minimum atomic E-state index is -0.0928. The minimum Gasteiger partial charge on any atom is -0.476 e. The summed E-state index contributed by atoms with van der Waals surface area (Å²) in [4.78, 5) is 4.59. The SMILES string of the molecule is CC1(C)OC1C1=N[C@@H](c2ccccc2)CO1. The predicted octanol–water partition coefficient (Wildman–Crippen LogP) is 2.33. The van der Waals surface area contributed by atoms with Crippen LogP contribution in [0.4, 0.5) is 0 Å². The van der Waals surface area contributed by atoms with Crippen molar-refractivity contribution in [2.75, 3.05) is 6.61 Å². The van der Waals surface area contributed by atoms with Crippen LogP contribution in [-0.4, -0.2) is 24.2 Å². The molecule has 2 aliphatic heterocycles. The van der Waals surface area contributed by atoms with E-state index < -0.39 is 0 Å². The van der Waals surface area contributed by atoms with E-state index in [9.17, 15) is 0 Å². The van der Waals surface area contributed by atoms with Gasteiger partial charge in [0.1, 0.15) is 12.6 Å². The maximum Gasteiger partial charge on any atom is 0.217 e. The van der Waals surface area contributed by atoms with E-state index in [-0.39, 0.29) is 17.7 Å². The maximum absolute atomic E-state index is 5.60. The lowest BCUT2D eigenvalue weighted by Crippen LogP contribution is -2.14. The lowest BCUT2D eigenvalue weighted by atomic mass is 10.1. The highest BCUT2D eigenvalue weighted by Crippen LogP contribution is 2.39. The molecule has 1 aromatic carbocycles. The monoisotopic (exact) mass is 217 g/mol. The fourth-order valence-corrected chi connectivity index (χ4v) is 2.00. The molecule has 1 aromatic rings. The van der Waals surface area contributed by atoms with E-state index in [2.05, 4.69) is 31.0 Å². The Hall–Kier alpha value is -1.35. The van der Waals surface area contributed by atoms with E-state index in [1.54, 1.807) is 0 Å². The molecule has 1 saturated heterocycles. The van der Waals surface area contributed by atoms with Crippen LogP contribution in [0, 0.1) is 0 Å². The molecule has 2 atom stereocenters. The van der Waals surface area contributed by atoms with Crippen LogP contribution in [-0.2, 0) is 9.47 Å². The summed E-state index contributed by atoms with van der Waals surface area (Å²) >= 11 is 0. The number of ether oxygens (including phenoxy) is 2. The summed E-state index contributed by atoms with van der Waals surface area (Å²) in [7, 11) is 0. The predicted molar refractivity (Wildman–Crippen MR) is 61.5 cm³/mol. The van der Waals surface area contributed by atoms with Crippen molar-refractivity contribution < 1.29 is 9.47 Å². The van der Waals surface area contributed by atoms with Crippen LogP contribution >= 0.6 is 0 Å². The molecular formula is C13H15NO2. The molecular weight excluding hydrogens is 202 g/mol. The molecule has 0 bridgehead atoms. The molecule has 0 aliphatic carbocycles. The number of rotatable bonds is 2. The van der Waals surface area contributed by atoms with Gasteiger partial charge in [0, 0.05) is 0 Å². The second-order valence-corrected chi connectivity index (χ2v) is 4.81. The molecule has 1 unspecified atom stereocenters. The Morgan fingerprint density at radius 3 is 2.56 bits per heavy atom. The van der Waals surface area contributed by atoms with Crippen LogP contribution < -0.4 is 0 Å². The van der Waals surface area contributed by atoms with E-state index >= 15 is 0 Å². The highest BCUT2D eigenvalue weighted by molar-refractivity contribution is 5.86. The molecule has 0 N–H and O–H groups in total. The zero-order chi connectivity index (χ0) is 11.2. The Balaban J connectivity index is 1.77. The smallest absolute Gasteiger partial charge is 0.217 e. The van der Waals surface area contributed by atoms with Gasteiger partial charge >= 0.3 is 0 Å².